The number of carbonyl (C=O) groups is 1. The Kier molecular flexibility index (Phi) is 5.24. The highest BCUT2D eigenvalue weighted by atomic mass is 32.2. The van der Waals surface area contributed by atoms with E-state index in [0.717, 1.165) is 25.7 Å². The van der Waals surface area contributed by atoms with E-state index in [1.807, 2.05) is 13.8 Å². The molecule has 0 bridgehead atoms. The topological polar surface area (TPSA) is 107 Å². The van der Waals surface area contributed by atoms with Crippen molar-refractivity contribution < 1.29 is 22.9 Å². The summed E-state index contributed by atoms with van der Waals surface area (Å²) in [5, 5.41) is 11.3. The molecule has 0 amide bonds. The molecule has 1 aliphatic rings. The van der Waals surface area contributed by atoms with Crippen molar-refractivity contribution in [3.05, 3.63) is 33.9 Å². The van der Waals surface area contributed by atoms with Gasteiger partial charge in [-0.2, -0.15) is 4.31 Å². The molecular weight excluding hydrogens is 336 g/mol. The number of ether oxygens (including phenoxy) is 1. The molecule has 2 rings (SSSR count). The molecule has 1 aromatic carbocycles. The zero-order valence-electron chi connectivity index (χ0n) is 13.8. The zero-order chi connectivity index (χ0) is 18.1. The van der Waals surface area contributed by atoms with Crippen LogP contribution in [-0.2, 0) is 14.8 Å². The first-order valence-corrected chi connectivity index (χ1v) is 8.97. The second-order valence-corrected chi connectivity index (χ2v) is 8.11. The van der Waals surface area contributed by atoms with Crippen LogP contribution in [0.25, 0.3) is 0 Å². The molecule has 1 heterocycles. The number of piperidine rings is 1. The van der Waals surface area contributed by atoms with Crippen molar-refractivity contribution in [3.63, 3.8) is 0 Å². The van der Waals surface area contributed by atoms with E-state index in [2.05, 4.69) is 4.74 Å². The lowest BCUT2D eigenvalue weighted by atomic mass is 9.94. The van der Waals surface area contributed by atoms with E-state index in [1.54, 1.807) is 0 Å². The summed E-state index contributed by atoms with van der Waals surface area (Å²) in [5.41, 5.74) is -0.688. The number of nitro benzene ring substituents is 1. The van der Waals surface area contributed by atoms with Crippen LogP contribution in [0.2, 0.25) is 0 Å². The molecule has 24 heavy (non-hydrogen) atoms. The van der Waals surface area contributed by atoms with Gasteiger partial charge in [0.15, 0.2) is 4.90 Å². The third-order valence-electron chi connectivity index (χ3n) is 4.03. The van der Waals surface area contributed by atoms with Crippen LogP contribution in [0, 0.1) is 22.0 Å². The lowest BCUT2D eigenvalue weighted by molar-refractivity contribution is -0.387. The van der Waals surface area contributed by atoms with Gasteiger partial charge in [-0.15, -0.1) is 0 Å². The molecule has 0 spiro atoms. The fourth-order valence-corrected chi connectivity index (χ4v) is 4.88. The number of nitrogens with zero attached hydrogens (tertiary/aromatic N) is 2. The highest BCUT2D eigenvalue weighted by molar-refractivity contribution is 7.89. The molecule has 0 N–H and O–H groups in total. The first-order valence-electron chi connectivity index (χ1n) is 7.53. The Morgan fingerprint density at radius 1 is 1.29 bits per heavy atom. The maximum Gasteiger partial charge on any atom is 0.338 e. The van der Waals surface area contributed by atoms with Gasteiger partial charge in [0.05, 0.1) is 17.6 Å². The van der Waals surface area contributed by atoms with Crippen LogP contribution >= 0.6 is 0 Å². The molecule has 8 nitrogen and oxygen atoms in total. The van der Waals surface area contributed by atoms with Gasteiger partial charge in [-0.05, 0) is 30.4 Å². The van der Waals surface area contributed by atoms with E-state index >= 15 is 0 Å². The molecule has 1 aliphatic heterocycles. The molecule has 0 saturated carbocycles. The number of sulfonamides is 1. The molecule has 0 aliphatic carbocycles. The largest absolute Gasteiger partial charge is 0.465 e. The van der Waals surface area contributed by atoms with Gasteiger partial charge in [0, 0.05) is 19.2 Å². The Hall–Kier alpha value is -2.00. The second kappa shape index (κ2) is 6.86. The molecule has 1 fully saturated rings. The second-order valence-electron chi connectivity index (χ2n) is 6.20. The van der Waals surface area contributed by atoms with Crippen molar-refractivity contribution in [2.24, 2.45) is 11.8 Å². The van der Waals surface area contributed by atoms with E-state index in [1.165, 1.54) is 10.4 Å². The lowest BCUT2D eigenvalue weighted by Crippen LogP contribution is -2.42. The standard InChI is InChI=1S/C15H20N2O6S/c1-10-6-11(2)9-16(8-10)24(21,22)14-5-4-12(15(18)23-3)7-13(14)17(19)20/h4-5,7,10-11H,6,8-9H2,1-3H3/t10-,11-/m0/s1. The summed E-state index contributed by atoms with van der Waals surface area (Å²) in [4.78, 5) is 21.6. The van der Waals surface area contributed by atoms with Gasteiger partial charge in [-0.1, -0.05) is 13.8 Å². The number of benzene rings is 1. The van der Waals surface area contributed by atoms with Crippen LogP contribution in [0.3, 0.4) is 0 Å². The Bertz CT molecular complexity index is 751. The summed E-state index contributed by atoms with van der Waals surface area (Å²) < 4.78 is 31.5. The average molecular weight is 356 g/mol. The Morgan fingerprint density at radius 2 is 1.88 bits per heavy atom. The van der Waals surface area contributed by atoms with Crippen LogP contribution in [0.15, 0.2) is 23.1 Å². The summed E-state index contributed by atoms with van der Waals surface area (Å²) in [5.74, 6) is -0.406. The van der Waals surface area contributed by atoms with Crippen molar-refractivity contribution in [1.82, 2.24) is 4.31 Å². The number of methoxy groups -OCH3 is 1. The summed E-state index contributed by atoms with van der Waals surface area (Å²) in [6.07, 6.45) is 0.912. The SMILES string of the molecule is COC(=O)c1ccc(S(=O)(=O)N2C[C@@H](C)C[C@H](C)C2)c([N+](=O)[O-])c1. The predicted molar refractivity (Wildman–Crippen MR) is 86.1 cm³/mol. The first-order chi connectivity index (χ1) is 11.2. The number of rotatable bonds is 4. The van der Waals surface area contributed by atoms with Crippen LogP contribution in [0.4, 0.5) is 5.69 Å². The van der Waals surface area contributed by atoms with Gasteiger partial charge in [-0.25, -0.2) is 13.2 Å². The predicted octanol–water partition coefficient (Wildman–Crippen LogP) is 2.05. The number of hydrogen-bond donors (Lipinski definition) is 0. The van der Waals surface area contributed by atoms with Crippen molar-refractivity contribution in [2.75, 3.05) is 20.2 Å². The molecule has 0 radical (unpaired) electrons. The number of esters is 1. The van der Waals surface area contributed by atoms with Gasteiger partial charge >= 0.3 is 5.97 Å². The van der Waals surface area contributed by atoms with Gasteiger partial charge in [0.1, 0.15) is 0 Å². The average Bonchev–Trinajstić information content (AvgIpc) is 2.52. The quantitative estimate of drug-likeness (QED) is 0.464. The number of carbonyl (C=O) groups excluding carboxylic acids is 1. The normalized spacial score (nSPS) is 22.1. The molecular formula is C15H20N2O6S. The smallest absolute Gasteiger partial charge is 0.338 e. The van der Waals surface area contributed by atoms with Gasteiger partial charge in [0.2, 0.25) is 10.0 Å². The molecule has 0 unspecified atom stereocenters. The van der Waals surface area contributed by atoms with E-state index in [-0.39, 0.29) is 17.4 Å². The maximum atomic E-state index is 12.9. The van der Waals surface area contributed by atoms with E-state index < -0.39 is 31.5 Å². The first kappa shape index (κ1) is 18.3. The summed E-state index contributed by atoms with van der Waals surface area (Å²) >= 11 is 0. The number of hydrogen-bond acceptors (Lipinski definition) is 6. The monoisotopic (exact) mass is 356 g/mol. The van der Waals surface area contributed by atoms with E-state index in [4.69, 9.17) is 0 Å². The zero-order valence-corrected chi connectivity index (χ0v) is 14.6. The summed E-state index contributed by atoms with van der Waals surface area (Å²) in [6, 6.07) is 3.27. The van der Waals surface area contributed by atoms with Gasteiger partial charge in [0.25, 0.3) is 5.69 Å². The van der Waals surface area contributed by atoms with Crippen LogP contribution in [-0.4, -0.2) is 43.8 Å². The van der Waals surface area contributed by atoms with E-state index in [9.17, 15) is 23.3 Å². The molecule has 132 valence electrons. The minimum absolute atomic E-state index is 0.0662. The highest BCUT2D eigenvalue weighted by Crippen LogP contribution is 2.32. The van der Waals surface area contributed by atoms with Crippen molar-refractivity contribution in [2.45, 2.75) is 25.2 Å². The minimum atomic E-state index is -4.01. The molecule has 9 heteroatoms. The third kappa shape index (κ3) is 3.57. The number of nitro groups is 1. The molecule has 0 aromatic heterocycles. The van der Waals surface area contributed by atoms with E-state index in [0.29, 0.717) is 13.1 Å². The van der Waals surface area contributed by atoms with Gasteiger partial charge < -0.3 is 4.74 Å². The fraction of sp³-hybridized carbons (Fsp3) is 0.533. The Balaban J connectivity index is 2.49. The van der Waals surface area contributed by atoms with Gasteiger partial charge in [-0.3, -0.25) is 10.1 Å². The van der Waals surface area contributed by atoms with Crippen LogP contribution < -0.4 is 0 Å². The Labute approximate surface area is 140 Å². The van der Waals surface area contributed by atoms with Crippen LogP contribution in [0.5, 0.6) is 0 Å². The van der Waals surface area contributed by atoms with Crippen molar-refractivity contribution >= 4 is 21.7 Å². The maximum absolute atomic E-state index is 12.9. The van der Waals surface area contributed by atoms with Crippen molar-refractivity contribution in [3.8, 4) is 0 Å². The third-order valence-corrected chi connectivity index (χ3v) is 5.91. The van der Waals surface area contributed by atoms with Crippen LogP contribution in [0.1, 0.15) is 30.6 Å². The van der Waals surface area contributed by atoms with Crippen molar-refractivity contribution in [1.29, 1.82) is 0 Å². The molecule has 1 saturated heterocycles. The molecule has 1 aromatic rings. The minimum Gasteiger partial charge on any atom is -0.465 e. The Morgan fingerprint density at radius 3 is 2.38 bits per heavy atom. The summed E-state index contributed by atoms with van der Waals surface area (Å²) in [6.45, 7) is 4.55. The highest BCUT2D eigenvalue weighted by Gasteiger charge is 2.36. The summed E-state index contributed by atoms with van der Waals surface area (Å²) in [7, 11) is -2.87. The fourth-order valence-electron chi connectivity index (χ4n) is 3.06. The lowest BCUT2D eigenvalue weighted by Gasteiger charge is -2.33. The molecule has 2 atom stereocenters.